The summed E-state index contributed by atoms with van der Waals surface area (Å²) in [5.74, 6) is -11.9. The lowest BCUT2D eigenvalue weighted by Gasteiger charge is -2.32. The van der Waals surface area contributed by atoms with Crippen molar-refractivity contribution in [3.05, 3.63) is 99.6 Å². The molecule has 0 saturated carbocycles. The van der Waals surface area contributed by atoms with Crippen LogP contribution in [0.15, 0.2) is 92.8 Å². The number of nitrogens with zero attached hydrogens (tertiary/aromatic N) is 6. The Kier molecular flexibility index (Phi) is 19.4. The third kappa shape index (κ3) is 16.8. The number of aliphatic hydroxyl groups excluding tert-OH is 1. The van der Waals surface area contributed by atoms with Gasteiger partial charge in [0, 0.05) is 18.7 Å². The predicted octanol–water partition coefficient (Wildman–Crippen LogP) is -6.04. The highest BCUT2D eigenvalue weighted by Crippen LogP contribution is 2.40. The van der Waals surface area contributed by atoms with E-state index in [4.69, 9.17) is 56.9 Å². The summed E-state index contributed by atoms with van der Waals surface area (Å²) in [6.45, 7) is -0.724. The quantitative estimate of drug-likeness (QED) is 0.0105. The Morgan fingerprint density at radius 3 is 1.52 bits per heavy atom. The largest absolute Gasteiger partial charge is 0.418 e. The first kappa shape index (κ1) is 55.6. The third-order valence-corrected chi connectivity index (χ3v) is 8.73. The van der Waals surface area contributed by atoms with Crippen molar-refractivity contribution in [2.45, 2.75) is 49.7 Å². The number of halogens is 3. The summed E-state index contributed by atoms with van der Waals surface area (Å²) in [7, 11) is 0. The highest BCUT2D eigenvalue weighted by Gasteiger charge is 2.40. The molecule has 71 heavy (non-hydrogen) atoms. The molecule has 0 bridgehead atoms. The van der Waals surface area contributed by atoms with Gasteiger partial charge in [-0.15, -0.1) is 4.99 Å². The normalized spacial score (nSPS) is 13.3. The molecule has 382 valence electrons. The number of primary amides is 1. The average molecular weight is 1010 g/mol. The molecule has 0 spiro atoms. The van der Waals surface area contributed by atoms with Gasteiger partial charge >= 0.3 is 6.18 Å². The fourth-order valence-electron chi connectivity index (χ4n) is 5.74. The number of hydrogen-bond acceptors (Lipinski definition) is 17. The van der Waals surface area contributed by atoms with Crippen molar-refractivity contribution >= 4 is 76.3 Å². The highest BCUT2D eigenvalue weighted by atomic mass is 19.4. The van der Waals surface area contributed by atoms with Crippen LogP contribution in [0.5, 0.6) is 0 Å². The highest BCUT2D eigenvalue weighted by molar-refractivity contribution is 5.99. The van der Waals surface area contributed by atoms with E-state index in [0.717, 1.165) is 0 Å². The van der Waals surface area contributed by atoms with Crippen LogP contribution < -0.4 is 88.6 Å². The van der Waals surface area contributed by atoms with Crippen LogP contribution in [0.25, 0.3) is 0 Å². The van der Waals surface area contributed by atoms with E-state index in [1.165, 1.54) is 54.6 Å². The number of carbonyl (C=O) groups excluding carboxylic acids is 6. The molecule has 6 unspecified atom stereocenters. The molecule has 0 saturated heterocycles. The molecule has 6 amide bonds. The molecular weight excluding hydrogens is 960 g/mol. The number of rotatable bonds is 23. The molecule has 3 rings (SSSR count). The number of aliphatic imine (C=N–C) groups is 4. The lowest BCUT2D eigenvalue weighted by atomic mass is 10.1. The molecule has 0 aliphatic heterocycles. The number of nitrogens with two attached hydrogens (primary N) is 9. The summed E-state index contributed by atoms with van der Waals surface area (Å²) in [6.07, 6.45) is -16.6. The van der Waals surface area contributed by atoms with E-state index in [1.54, 1.807) is 0 Å². The first-order chi connectivity index (χ1) is 33.2. The molecule has 26 N–H and O–H groups in total. The predicted molar refractivity (Wildman–Crippen MR) is 242 cm³/mol. The number of anilines is 2. The number of nitro groups is 1. The lowest BCUT2D eigenvalue weighted by molar-refractivity contribution is -0.385. The minimum absolute atomic E-state index is 0.0957. The summed E-state index contributed by atoms with van der Waals surface area (Å²) in [5, 5.41) is 41.9. The number of nitrogens with one attached hydrogen (secondary N) is 6. The Labute approximate surface area is 396 Å². The minimum atomic E-state index is -5.32. The number of aliphatic hydroxyl groups is 1. The van der Waals surface area contributed by atoms with Crippen LogP contribution in [-0.2, 0) is 46.5 Å². The molecule has 0 fully saturated rings. The Hall–Kier alpha value is -9.77. The van der Waals surface area contributed by atoms with Crippen molar-refractivity contribution in [3.63, 3.8) is 0 Å². The van der Waals surface area contributed by atoms with Crippen LogP contribution >= 0.6 is 0 Å². The van der Waals surface area contributed by atoms with Crippen molar-refractivity contribution < 1.29 is 62.2 Å². The molecule has 0 aromatic heterocycles. The maximum Gasteiger partial charge on any atom is 0.418 e. The van der Waals surface area contributed by atoms with Gasteiger partial charge in [0.15, 0.2) is 23.8 Å². The van der Waals surface area contributed by atoms with Gasteiger partial charge in [0.2, 0.25) is 36.8 Å². The number of nitro benzene ring substituents is 1. The number of amides is 6. The Morgan fingerprint density at radius 1 is 0.648 bits per heavy atom. The van der Waals surface area contributed by atoms with E-state index >= 15 is 0 Å². The van der Waals surface area contributed by atoms with Crippen LogP contribution in [-0.4, -0.2) is 105 Å². The molecule has 0 aliphatic carbocycles. The fourth-order valence-corrected chi connectivity index (χ4v) is 5.74. The second kappa shape index (κ2) is 24.8. The summed E-state index contributed by atoms with van der Waals surface area (Å²) in [5.41, 5.74) is 47.1. The maximum absolute atomic E-state index is 14.5. The molecule has 3 aromatic carbocycles. The monoisotopic (exact) mass is 1010 g/mol. The van der Waals surface area contributed by atoms with Gasteiger partial charge in [-0.25, -0.2) is 30.7 Å². The Morgan fingerprint density at radius 2 is 1.10 bits per heavy atom. The number of non-ortho nitro benzene ring substituents is 1. The molecule has 3 aromatic rings. The summed E-state index contributed by atoms with van der Waals surface area (Å²) in [6, 6.07) is 11.4. The Bertz CT molecular complexity index is 2550. The summed E-state index contributed by atoms with van der Waals surface area (Å²) < 4.78 is 43.6. The molecule has 6 atom stereocenters. The molecule has 0 heterocycles. The molecular formula is C36H46F3N21O11. The van der Waals surface area contributed by atoms with Gasteiger partial charge in [0.05, 0.1) is 21.9 Å². The molecule has 32 nitrogen and oxygen atoms in total. The molecule has 0 aliphatic rings. The number of carbonyl (C=O) groups is 6. The van der Waals surface area contributed by atoms with E-state index in [0.29, 0.717) is 17.0 Å². The fraction of sp³-hybridized carbons (Fsp3) is 0.222. The minimum Gasteiger partial charge on any atom is -0.370 e. The van der Waals surface area contributed by atoms with E-state index in [1.807, 2.05) is 16.0 Å². The zero-order valence-electron chi connectivity index (χ0n) is 36.2. The second-order valence-electron chi connectivity index (χ2n) is 14.0. The van der Waals surface area contributed by atoms with Crippen LogP contribution in [0, 0.1) is 10.1 Å². The van der Waals surface area contributed by atoms with Crippen LogP contribution in [0.3, 0.4) is 0 Å². The number of guanidine groups is 4. The van der Waals surface area contributed by atoms with Crippen LogP contribution in [0.1, 0.15) is 22.7 Å². The van der Waals surface area contributed by atoms with Crippen molar-refractivity contribution in [2.75, 3.05) is 10.4 Å². The van der Waals surface area contributed by atoms with Gasteiger partial charge in [-0.1, -0.05) is 42.5 Å². The van der Waals surface area contributed by atoms with Gasteiger partial charge < -0.3 is 88.2 Å². The number of benzene rings is 3. The van der Waals surface area contributed by atoms with Crippen molar-refractivity contribution in [1.29, 1.82) is 0 Å². The van der Waals surface area contributed by atoms with Gasteiger partial charge in [-0.05, 0) is 29.3 Å². The van der Waals surface area contributed by atoms with Crippen LogP contribution in [0.2, 0.25) is 0 Å². The SMILES string of the molecule is NC(=O)C(N=C(N)N)NC(=O)C(N=C(N)N)NC(=O)C(N=C(N)N)NC(=O)C(N=C(N)N)NC(=O)C(NC(=O)C(O)N(Cc1ccc(NOO)cc1)c1ccc([N+](=O)[O-])cc1C(F)(F)F)c1ccccc1. The van der Waals surface area contributed by atoms with E-state index < -0.39 is 131 Å². The van der Waals surface area contributed by atoms with E-state index in [9.17, 15) is 57.2 Å². The van der Waals surface area contributed by atoms with Gasteiger partial charge in [0.25, 0.3) is 35.2 Å². The number of hydrogen-bond donors (Lipinski definition) is 17. The zero-order chi connectivity index (χ0) is 53.3. The van der Waals surface area contributed by atoms with E-state index in [2.05, 4.69) is 41.1 Å². The van der Waals surface area contributed by atoms with Gasteiger partial charge in [-0.3, -0.25) is 38.9 Å². The summed E-state index contributed by atoms with van der Waals surface area (Å²) in [4.78, 5) is 109. The van der Waals surface area contributed by atoms with Gasteiger partial charge in [0.1, 0.15) is 6.04 Å². The summed E-state index contributed by atoms with van der Waals surface area (Å²) >= 11 is 0. The topological polar surface area (TPSA) is 554 Å². The average Bonchev–Trinajstić information content (AvgIpc) is 3.28. The second-order valence-corrected chi connectivity index (χ2v) is 14.0. The van der Waals surface area contributed by atoms with Crippen molar-refractivity contribution in [1.82, 2.24) is 26.6 Å². The molecule has 35 heteroatoms. The van der Waals surface area contributed by atoms with Crippen molar-refractivity contribution in [2.24, 2.45) is 71.6 Å². The lowest BCUT2D eigenvalue weighted by Crippen LogP contribution is -2.58. The van der Waals surface area contributed by atoms with Gasteiger partial charge in [-0.2, -0.15) is 13.2 Å². The maximum atomic E-state index is 14.5. The third-order valence-electron chi connectivity index (χ3n) is 8.73. The first-order valence-corrected chi connectivity index (χ1v) is 19.4. The number of alkyl halides is 3. The first-order valence-electron chi connectivity index (χ1n) is 19.4. The zero-order valence-corrected chi connectivity index (χ0v) is 36.2. The van der Waals surface area contributed by atoms with Crippen molar-refractivity contribution in [3.8, 4) is 0 Å². The van der Waals surface area contributed by atoms with E-state index in [-0.39, 0.29) is 22.9 Å². The molecule has 0 radical (unpaired) electrons. The standard InChI is InChI=1S/C36H46F3N21O11/c37-36(38,39)18-12-17(60(68)69)10-11-19(18)59(13-14-6-8-16(9-7-14)58-71-70)31(67)30(66)49-20(15-4-2-1-3-5-15)26(62)51-23(55-33(43)44)28(64)53-25(57-35(47)48)29(65)52-24(56-34(45)46)27(63)50-22(21(40)61)54-32(41)42/h1-12,20,22-25,31,58,67,70H,13H2,(H2,40,61)(H,49,66)(H,50,63)(H,51,62)(H,52,65)(H,53,64)(H4,41,42,54)(H4,43,44,55)(H4,45,46,56)(H4,47,48,57). The van der Waals surface area contributed by atoms with Crippen LogP contribution in [0.4, 0.5) is 30.2 Å². The smallest absolute Gasteiger partial charge is 0.370 e. The Balaban J connectivity index is 2.04.